The number of quaternary nitrogens is 1. The highest BCUT2D eigenvalue weighted by Gasteiger charge is 2.23. The van der Waals surface area contributed by atoms with Crippen molar-refractivity contribution in [1.29, 1.82) is 0 Å². The average molecular weight is 338 g/mol. The van der Waals surface area contributed by atoms with Gasteiger partial charge in [0.2, 0.25) is 0 Å². The second kappa shape index (κ2) is 7.94. The minimum atomic E-state index is -0.176. The molecule has 1 aliphatic heterocycles. The van der Waals surface area contributed by atoms with E-state index in [-0.39, 0.29) is 11.8 Å². The monoisotopic (exact) mass is 338 g/mol. The lowest BCUT2D eigenvalue weighted by molar-refractivity contribution is -0.902. The summed E-state index contributed by atoms with van der Waals surface area (Å²) in [6.07, 6.45) is 0. The highest BCUT2D eigenvalue weighted by atomic mass is 16.2. The first-order valence-electron chi connectivity index (χ1n) is 8.76. The van der Waals surface area contributed by atoms with Crippen LogP contribution in [0.3, 0.4) is 0 Å². The SMILES string of the molecule is CC[NH+]1CCN(C(=O)c2cccc(NC(=O)c3ccccc3)c2)CC1. The molecule has 1 heterocycles. The Balaban J connectivity index is 1.67. The summed E-state index contributed by atoms with van der Waals surface area (Å²) < 4.78 is 0. The van der Waals surface area contributed by atoms with Crippen LogP contribution < -0.4 is 10.2 Å². The first kappa shape index (κ1) is 17.2. The van der Waals surface area contributed by atoms with Crippen LogP contribution >= 0.6 is 0 Å². The third-order valence-corrected chi connectivity index (χ3v) is 4.66. The van der Waals surface area contributed by atoms with Gasteiger partial charge in [-0.25, -0.2) is 0 Å². The number of benzene rings is 2. The molecular weight excluding hydrogens is 314 g/mol. The van der Waals surface area contributed by atoms with Crippen molar-refractivity contribution in [1.82, 2.24) is 4.90 Å². The van der Waals surface area contributed by atoms with E-state index in [9.17, 15) is 9.59 Å². The normalized spacial score (nSPS) is 15.0. The van der Waals surface area contributed by atoms with Crippen molar-refractivity contribution in [3.05, 3.63) is 65.7 Å². The summed E-state index contributed by atoms with van der Waals surface area (Å²) in [5.74, 6) is -0.142. The Kier molecular flexibility index (Phi) is 5.46. The molecule has 5 heteroatoms. The van der Waals surface area contributed by atoms with Crippen LogP contribution in [0.2, 0.25) is 0 Å². The van der Waals surface area contributed by atoms with Crippen molar-refractivity contribution in [2.75, 3.05) is 38.0 Å². The Morgan fingerprint density at radius 1 is 1.00 bits per heavy atom. The standard InChI is InChI=1S/C20H23N3O2/c1-2-22-11-13-23(14-12-22)20(25)17-9-6-10-18(15-17)21-19(24)16-7-4-3-5-8-16/h3-10,15H,2,11-14H2,1H3,(H,21,24)/p+1. The molecule has 1 fully saturated rings. The predicted octanol–water partition coefficient (Wildman–Crippen LogP) is 1.30. The van der Waals surface area contributed by atoms with Gasteiger partial charge in [0, 0.05) is 16.8 Å². The van der Waals surface area contributed by atoms with Gasteiger partial charge in [0.25, 0.3) is 11.8 Å². The van der Waals surface area contributed by atoms with Crippen LogP contribution in [0.4, 0.5) is 5.69 Å². The number of rotatable bonds is 4. The van der Waals surface area contributed by atoms with Crippen molar-refractivity contribution >= 4 is 17.5 Å². The number of amides is 2. The number of piperazine rings is 1. The van der Waals surface area contributed by atoms with Crippen molar-refractivity contribution < 1.29 is 14.5 Å². The summed E-state index contributed by atoms with van der Waals surface area (Å²) in [6.45, 7) is 6.82. The van der Waals surface area contributed by atoms with Gasteiger partial charge in [0.1, 0.15) is 0 Å². The van der Waals surface area contributed by atoms with Crippen LogP contribution in [0, 0.1) is 0 Å². The van der Waals surface area contributed by atoms with Gasteiger partial charge in [-0.05, 0) is 37.3 Å². The number of carbonyl (C=O) groups excluding carboxylic acids is 2. The lowest BCUT2D eigenvalue weighted by atomic mass is 10.1. The Morgan fingerprint density at radius 2 is 1.68 bits per heavy atom. The molecule has 2 amide bonds. The first-order chi connectivity index (χ1) is 12.2. The van der Waals surface area contributed by atoms with Crippen LogP contribution in [0.25, 0.3) is 0 Å². The summed E-state index contributed by atoms with van der Waals surface area (Å²) in [7, 11) is 0. The van der Waals surface area contributed by atoms with Gasteiger partial charge in [-0.15, -0.1) is 0 Å². The van der Waals surface area contributed by atoms with E-state index < -0.39 is 0 Å². The molecule has 2 N–H and O–H groups in total. The topological polar surface area (TPSA) is 53.9 Å². The minimum Gasteiger partial charge on any atom is -0.332 e. The molecule has 0 aromatic heterocycles. The molecule has 3 rings (SSSR count). The van der Waals surface area contributed by atoms with Crippen LogP contribution in [-0.2, 0) is 0 Å². The maximum absolute atomic E-state index is 12.7. The Bertz CT molecular complexity index is 738. The number of nitrogens with one attached hydrogen (secondary N) is 2. The molecule has 2 aromatic carbocycles. The molecule has 2 aromatic rings. The van der Waals surface area contributed by atoms with E-state index in [0.29, 0.717) is 16.8 Å². The lowest BCUT2D eigenvalue weighted by Gasteiger charge is -2.31. The number of carbonyl (C=O) groups is 2. The Labute approximate surface area is 148 Å². The summed E-state index contributed by atoms with van der Waals surface area (Å²) >= 11 is 0. The zero-order chi connectivity index (χ0) is 17.6. The average Bonchev–Trinajstić information content (AvgIpc) is 2.68. The fourth-order valence-electron chi connectivity index (χ4n) is 3.08. The van der Waals surface area contributed by atoms with Crippen molar-refractivity contribution in [2.24, 2.45) is 0 Å². The van der Waals surface area contributed by atoms with Gasteiger partial charge in [-0.3, -0.25) is 9.59 Å². The van der Waals surface area contributed by atoms with Gasteiger partial charge >= 0.3 is 0 Å². The molecule has 5 nitrogen and oxygen atoms in total. The van der Waals surface area contributed by atoms with Crippen LogP contribution in [0.1, 0.15) is 27.6 Å². The van der Waals surface area contributed by atoms with E-state index in [2.05, 4.69) is 12.2 Å². The van der Waals surface area contributed by atoms with E-state index in [0.717, 1.165) is 32.7 Å². The van der Waals surface area contributed by atoms with Gasteiger partial charge in [0.15, 0.2) is 0 Å². The van der Waals surface area contributed by atoms with Gasteiger partial charge in [0.05, 0.1) is 32.7 Å². The summed E-state index contributed by atoms with van der Waals surface area (Å²) in [6, 6.07) is 16.2. The number of nitrogens with zero attached hydrogens (tertiary/aromatic N) is 1. The quantitative estimate of drug-likeness (QED) is 0.883. The summed E-state index contributed by atoms with van der Waals surface area (Å²) in [5, 5.41) is 2.86. The van der Waals surface area contributed by atoms with E-state index in [1.54, 1.807) is 36.4 Å². The highest BCUT2D eigenvalue weighted by molar-refractivity contribution is 6.05. The molecule has 0 bridgehead atoms. The molecular formula is C20H24N3O2+. The minimum absolute atomic E-state index is 0.0333. The van der Waals surface area contributed by atoms with Gasteiger partial charge in [-0.1, -0.05) is 24.3 Å². The maximum Gasteiger partial charge on any atom is 0.255 e. The number of hydrogen-bond donors (Lipinski definition) is 2. The van der Waals surface area contributed by atoms with Crippen molar-refractivity contribution in [3.63, 3.8) is 0 Å². The fraction of sp³-hybridized carbons (Fsp3) is 0.300. The van der Waals surface area contributed by atoms with Crippen LogP contribution in [0.15, 0.2) is 54.6 Å². The molecule has 1 saturated heterocycles. The van der Waals surface area contributed by atoms with Crippen LogP contribution in [-0.4, -0.2) is 49.4 Å². The fourth-order valence-corrected chi connectivity index (χ4v) is 3.08. The second-order valence-electron chi connectivity index (χ2n) is 6.30. The molecule has 0 atom stereocenters. The third-order valence-electron chi connectivity index (χ3n) is 4.66. The molecule has 1 aliphatic rings. The number of anilines is 1. The lowest BCUT2D eigenvalue weighted by Crippen LogP contribution is -3.14. The molecule has 0 aliphatic carbocycles. The maximum atomic E-state index is 12.7. The van der Waals surface area contributed by atoms with Crippen molar-refractivity contribution in [3.8, 4) is 0 Å². The van der Waals surface area contributed by atoms with E-state index in [1.165, 1.54) is 4.90 Å². The summed E-state index contributed by atoms with van der Waals surface area (Å²) in [5.41, 5.74) is 1.85. The van der Waals surface area contributed by atoms with Gasteiger partial charge in [-0.2, -0.15) is 0 Å². The number of hydrogen-bond acceptors (Lipinski definition) is 2. The predicted molar refractivity (Wildman–Crippen MR) is 98.0 cm³/mol. The zero-order valence-corrected chi connectivity index (χ0v) is 14.5. The summed E-state index contributed by atoms with van der Waals surface area (Å²) in [4.78, 5) is 28.4. The largest absolute Gasteiger partial charge is 0.332 e. The third kappa shape index (κ3) is 4.25. The Morgan fingerprint density at radius 3 is 2.36 bits per heavy atom. The first-order valence-corrected chi connectivity index (χ1v) is 8.76. The zero-order valence-electron chi connectivity index (χ0n) is 14.5. The second-order valence-corrected chi connectivity index (χ2v) is 6.30. The van der Waals surface area contributed by atoms with Crippen LogP contribution in [0.5, 0.6) is 0 Å². The highest BCUT2D eigenvalue weighted by Crippen LogP contribution is 2.14. The molecule has 0 saturated carbocycles. The van der Waals surface area contributed by atoms with Crippen molar-refractivity contribution in [2.45, 2.75) is 6.92 Å². The number of likely N-dealkylation sites (N-methyl/N-ethyl adjacent to an activating group) is 1. The molecule has 0 spiro atoms. The molecule has 130 valence electrons. The Hall–Kier alpha value is -2.66. The van der Waals surface area contributed by atoms with E-state index >= 15 is 0 Å². The van der Waals surface area contributed by atoms with E-state index in [1.807, 2.05) is 23.1 Å². The molecule has 25 heavy (non-hydrogen) atoms. The smallest absolute Gasteiger partial charge is 0.255 e. The molecule has 0 radical (unpaired) electrons. The molecule has 0 unspecified atom stereocenters. The van der Waals surface area contributed by atoms with Gasteiger partial charge < -0.3 is 15.1 Å². The van der Waals surface area contributed by atoms with E-state index in [4.69, 9.17) is 0 Å².